The number of nitrogens with one attached hydrogen (secondary N) is 2. The number of benzene rings is 3. The molecule has 7 nitrogen and oxygen atoms in total. The smallest absolute Gasteiger partial charge is 0.278 e. The van der Waals surface area contributed by atoms with E-state index in [-0.39, 0.29) is 24.1 Å². The summed E-state index contributed by atoms with van der Waals surface area (Å²) < 4.78 is 1.42. The van der Waals surface area contributed by atoms with Crippen LogP contribution in [-0.2, 0) is 16.1 Å². The Morgan fingerprint density at radius 1 is 0.879 bits per heavy atom. The molecule has 0 saturated heterocycles. The standard InChI is InChI=1S/C26H24N4O3/c1-16-9-8-13-20(17(16)2)28-24(32)15-30-23-14-7-6-12-22(23)29-25(26(30)33)19-10-4-5-11-21(19)27-18(3)31/h4-14H,15H2,1-3H3,(H,27,31)(H,28,32). The largest absolute Gasteiger partial charge is 0.326 e. The van der Waals surface area contributed by atoms with E-state index in [1.165, 1.54) is 11.5 Å². The molecule has 0 saturated carbocycles. The molecule has 0 fully saturated rings. The lowest BCUT2D eigenvalue weighted by molar-refractivity contribution is -0.117. The van der Waals surface area contributed by atoms with E-state index >= 15 is 0 Å². The maximum Gasteiger partial charge on any atom is 0.278 e. The van der Waals surface area contributed by atoms with E-state index in [4.69, 9.17) is 0 Å². The third-order valence-electron chi connectivity index (χ3n) is 5.53. The van der Waals surface area contributed by atoms with Crippen molar-refractivity contribution in [2.24, 2.45) is 0 Å². The van der Waals surface area contributed by atoms with E-state index < -0.39 is 5.56 Å². The van der Waals surface area contributed by atoms with Crippen LogP contribution in [0.3, 0.4) is 0 Å². The van der Waals surface area contributed by atoms with E-state index in [1.54, 1.807) is 42.5 Å². The number of carbonyl (C=O) groups excluding carboxylic acids is 2. The molecule has 7 heteroatoms. The third kappa shape index (κ3) is 4.52. The molecule has 4 aromatic rings. The van der Waals surface area contributed by atoms with Gasteiger partial charge in [0.1, 0.15) is 12.2 Å². The summed E-state index contributed by atoms with van der Waals surface area (Å²) >= 11 is 0. The maximum absolute atomic E-state index is 13.5. The minimum Gasteiger partial charge on any atom is -0.326 e. The number of carbonyl (C=O) groups is 2. The van der Waals surface area contributed by atoms with Crippen LogP contribution in [0.4, 0.5) is 11.4 Å². The molecule has 2 N–H and O–H groups in total. The van der Waals surface area contributed by atoms with Gasteiger partial charge in [-0.2, -0.15) is 0 Å². The molecular weight excluding hydrogens is 416 g/mol. The van der Waals surface area contributed by atoms with E-state index in [0.717, 1.165) is 11.1 Å². The summed E-state index contributed by atoms with van der Waals surface area (Å²) in [5, 5.41) is 5.66. The van der Waals surface area contributed by atoms with Crippen LogP contribution in [0.25, 0.3) is 22.3 Å². The normalized spacial score (nSPS) is 10.8. The van der Waals surface area contributed by atoms with Crippen molar-refractivity contribution in [3.8, 4) is 11.3 Å². The van der Waals surface area contributed by atoms with Gasteiger partial charge in [-0.1, -0.05) is 42.5 Å². The van der Waals surface area contributed by atoms with Gasteiger partial charge in [0, 0.05) is 18.2 Å². The molecule has 0 aliphatic heterocycles. The van der Waals surface area contributed by atoms with Crippen molar-refractivity contribution in [2.45, 2.75) is 27.3 Å². The lowest BCUT2D eigenvalue weighted by atomic mass is 10.1. The van der Waals surface area contributed by atoms with E-state index in [2.05, 4.69) is 15.6 Å². The van der Waals surface area contributed by atoms with Gasteiger partial charge in [-0.05, 0) is 49.2 Å². The molecular formula is C26H24N4O3. The van der Waals surface area contributed by atoms with Gasteiger partial charge >= 0.3 is 0 Å². The molecule has 1 aromatic heterocycles. The average Bonchev–Trinajstić information content (AvgIpc) is 2.79. The topological polar surface area (TPSA) is 93.1 Å². The van der Waals surface area contributed by atoms with E-state index in [1.807, 2.05) is 38.1 Å². The van der Waals surface area contributed by atoms with Crippen molar-refractivity contribution in [3.63, 3.8) is 0 Å². The average molecular weight is 441 g/mol. The Morgan fingerprint density at radius 2 is 1.58 bits per heavy atom. The van der Waals surface area contributed by atoms with Gasteiger partial charge in [0.05, 0.1) is 16.7 Å². The summed E-state index contributed by atoms with van der Waals surface area (Å²) in [6.45, 7) is 5.14. The molecule has 2 amide bonds. The first-order valence-corrected chi connectivity index (χ1v) is 10.6. The van der Waals surface area contributed by atoms with Crippen molar-refractivity contribution < 1.29 is 9.59 Å². The summed E-state index contributed by atoms with van der Waals surface area (Å²) in [6.07, 6.45) is 0. The lowest BCUT2D eigenvalue weighted by Crippen LogP contribution is -2.30. The molecule has 166 valence electrons. The Labute approximate surface area is 191 Å². The molecule has 0 bridgehead atoms. The highest BCUT2D eigenvalue weighted by Gasteiger charge is 2.18. The first kappa shape index (κ1) is 22.0. The molecule has 1 heterocycles. The minimum atomic E-state index is -0.414. The number of para-hydroxylation sites is 3. The molecule has 0 aliphatic rings. The van der Waals surface area contributed by atoms with Gasteiger partial charge in [-0.15, -0.1) is 0 Å². The first-order chi connectivity index (χ1) is 15.8. The summed E-state index contributed by atoms with van der Waals surface area (Å²) in [6, 6.07) is 19.8. The Balaban J connectivity index is 1.80. The highest BCUT2D eigenvalue weighted by atomic mass is 16.2. The van der Waals surface area contributed by atoms with Crippen LogP contribution in [0.2, 0.25) is 0 Å². The zero-order chi connectivity index (χ0) is 23.5. The van der Waals surface area contributed by atoms with Crippen LogP contribution in [-0.4, -0.2) is 21.4 Å². The molecule has 0 aliphatic carbocycles. The van der Waals surface area contributed by atoms with Crippen molar-refractivity contribution >= 4 is 34.2 Å². The molecule has 3 aromatic carbocycles. The Kier molecular flexibility index (Phi) is 6.04. The van der Waals surface area contributed by atoms with Crippen molar-refractivity contribution in [1.82, 2.24) is 9.55 Å². The predicted octanol–water partition coefficient (Wildman–Crippen LogP) is 4.28. The molecule has 0 radical (unpaired) electrons. The van der Waals surface area contributed by atoms with Crippen LogP contribution in [0.15, 0.2) is 71.5 Å². The second-order valence-electron chi connectivity index (χ2n) is 7.86. The molecule has 0 unspecified atom stereocenters. The number of hydrogen-bond donors (Lipinski definition) is 2. The minimum absolute atomic E-state index is 0.164. The summed E-state index contributed by atoms with van der Waals surface area (Å²) in [4.78, 5) is 42.7. The number of hydrogen-bond acceptors (Lipinski definition) is 4. The second kappa shape index (κ2) is 9.08. The number of aromatic nitrogens is 2. The Hall–Kier alpha value is -4.26. The van der Waals surface area contributed by atoms with Gasteiger partial charge in [0.15, 0.2) is 0 Å². The SMILES string of the molecule is CC(=O)Nc1ccccc1-c1nc2ccccc2n(CC(=O)Nc2cccc(C)c2C)c1=O. The number of aryl methyl sites for hydroxylation is 1. The number of rotatable bonds is 5. The highest BCUT2D eigenvalue weighted by Crippen LogP contribution is 2.26. The number of amides is 2. The van der Waals surface area contributed by atoms with Crippen molar-refractivity contribution in [1.29, 1.82) is 0 Å². The van der Waals surface area contributed by atoms with Crippen LogP contribution in [0.5, 0.6) is 0 Å². The quantitative estimate of drug-likeness (QED) is 0.485. The monoisotopic (exact) mass is 440 g/mol. The van der Waals surface area contributed by atoms with Crippen LogP contribution >= 0.6 is 0 Å². The molecule has 4 rings (SSSR count). The number of anilines is 2. The Bertz CT molecular complexity index is 1440. The van der Waals surface area contributed by atoms with E-state index in [0.29, 0.717) is 28.0 Å². The van der Waals surface area contributed by atoms with Crippen molar-refractivity contribution in [2.75, 3.05) is 10.6 Å². The number of nitrogens with zero attached hydrogens (tertiary/aromatic N) is 2. The van der Waals surface area contributed by atoms with Crippen molar-refractivity contribution in [3.05, 3.63) is 88.2 Å². The summed E-state index contributed by atoms with van der Waals surface area (Å²) in [7, 11) is 0. The third-order valence-corrected chi connectivity index (χ3v) is 5.53. The van der Waals surface area contributed by atoms with Crippen LogP contribution in [0, 0.1) is 13.8 Å². The fraction of sp³-hybridized carbons (Fsp3) is 0.154. The second-order valence-corrected chi connectivity index (χ2v) is 7.86. The van der Waals surface area contributed by atoms with Gasteiger partial charge < -0.3 is 10.6 Å². The number of fused-ring (bicyclic) bond motifs is 1. The fourth-order valence-corrected chi connectivity index (χ4v) is 3.73. The highest BCUT2D eigenvalue weighted by molar-refractivity contribution is 5.95. The van der Waals surface area contributed by atoms with E-state index in [9.17, 15) is 14.4 Å². The molecule has 0 atom stereocenters. The Morgan fingerprint density at radius 3 is 2.36 bits per heavy atom. The maximum atomic E-state index is 13.5. The zero-order valence-electron chi connectivity index (χ0n) is 18.7. The van der Waals surface area contributed by atoms with Gasteiger partial charge in [0.25, 0.3) is 5.56 Å². The fourth-order valence-electron chi connectivity index (χ4n) is 3.73. The first-order valence-electron chi connectivity index (χ1n) is 10.6. The molecule has 0 spiro atoms. The predicted molar refractivity (Wildman–Crippen MR) is 130 cm³/mol. The summed E-state index contributed by atoms with van der Waals surface area (Å²) in [5.74, 6) is -0.570. The summed E-state index contributed by atoms with van der Waals surface area (Å²) in [5.41, 5.74) is 4.61. The van der Waals surface area contributed by atoms with Crippen LogP contribution in [0.1, 0.15) is 18.1 Å². The lowest BCUT2D eigenvalue weighted by Gasteiger charge is -2.15. The zero-order valence-corrected chi connectivity index (χ0v) is 18.7. The van der Waals surface area contributed by atoms with Gasteiger partial charge in [0.2, 0.25) is 11.8 Å². The molecule has 33 heavy (non-hydrogen) atoms. The van der Waals surface area contributed by atoms with Gasteiger partial charge in [-0.25, -0.2) is 4.98 Å². The van der Waals surface area contributed by atoms with Crippen LogP contribution < -0.4 is 16.2 Å². The van der Waals surface area contributed by atoms with Gasteiger partial charge in [-0.3, -0.25) is 19.0 Å².